The molecule has 0 aliphatic heterocycles. The molecule has 0 saturated carbocycles. The van der Waals surface area contributed by atoms with Crippen molar-refractivity contribution in [2.75, 3.05) is 13.2 Å². The molecule has 1 atom stereocenters. The van der Waals surface area contributed by atoms with Gasteiger partial charge in [-0.05, 0) is 99.0 Å². The summed E-state index contributed by atoms with van der Waals surface area (Å²) in [7, 11) is 0. The van der Waals surface area contributed by atoms with Crippen molar-refractivity contribution in [2.45, 2.75) is 65.3 Å². The second kappa shape index (κ2) is 15.0. The minimum atomic E-state index is -1.94. The first-order chi connectivity index (χ1) is 20.1. The molecule has 0 heterocycles. The molecule has 0 spiro atoms. The minimum Gasteiger partial charge on any atom is -0.464 e. The van der Waals surface area contributed by atoms with Gasteiger partial charge in [-0.2, -0.15) is 0 Å². The first-order valence-electron chi connectivity index (χ1n) is 14.1. The second-order valence-electron chi connectivity index (χ2n) is 10.2. The molecule has 3 aromatic rings. The number of carbonyl (C=O) groups excluding carboxylic acids is 3. The van der Waals surface area contributed by atoms with Gasteiger partial charge in [-0.3, -0.25) is 4.79 Å². The highest BCUT2D eigenvalue weighted by Crippen LogP contribution is 2.24. The second-order valence-corrected chi connectivity index (χ2v) is 10.2. The lowest BCUT2D eigenvalue weighted by atomic mass is 9.90. The summed E-state index contributed by atoms with van der Waals surface area (Å²) >= 11 is 0. The lowest BCUT2D eigenvalue weighted by Crippen LogP contribution is -2.61. The first kappa shape index (κ1) is 32.1. The fourth-order valence-electron chi connectivity index (χ4n) is 4.66. The molecule has 0 aliphatic carbocycles. The summed E-state index contributed by atoms with van der Waals surface area (Å²) in [5.74, 6) is 3.79. The van der Waals surface area contributed by atoms with E-state index in [9.17, 15) is 18.8 Å². The number of carbonyl (C=O) groups is 3. The standard InChI is InChI=1S/C35H38FNO5/c1-6-41-33(39)35(37-26(5)38,34(40)42-7-2)20-19-28-15-13-27(14-16-28)17-18-31(30-9-8-10-32(36)23-30)22-29-12-11-24(3)25(4)21-29/h8-16,21,23,31H,6-7,19-20,22H2,1-5H3,(H,37,38). The molecule has 3 aromatic carbocycles. The van der Waals surface area contributed by atoms with Crippen LogP contribution in [-0.4, -0.2) is 36.6 Å². The number of aryl methyl sites for hydroxylation is 3. The number of hydrogen-bond acceptors (Lipinski definition) is 5. The van der Waals surface area contributed by atoms with E-state index in [-0.39, 0.29) is 31.4 Å². The fourth-order valence-corrected chi connectivity index (χ4v) is 4.66. The molecular weight excluding hydrogens is 533 g/mol. The van der Waals surface area contributed by atoms with Crippen LogP contribution in [-0.2, 0) is 36.7 Å². The normalized spacial score (nSPS) is 11.6. The SMILES string of the molecule is CCOC(=O)C(CCc1ccc(C#CC(Cc2ccc(C)c(C)c2)c2cccc(F)c2)cc1)(NC(C)=O)C(=O)OCC. The molecule has 0 radical (unpaired) electrons. The van der Waals surface area contributed by atoms with Gasteiger partial charge in [-0.15, -0.1) is 0 Å². The zero-order valence-corrected chi connectivity index (χ0v) is 24.9. The molecular formula is C35H38FNO5. The van der Waals surface area contributed by atoms with Gasteiger partial charge in [0.2, 0.25) is 11.4 Å². The van der Waals surface area contributed by atoms with Crippen LogP contribution in [0.4, 0.5) is 4.39 Å². The predicted molar refractivity (Wildman–Crippen MR) is 160 cm³/mol. The molecule has 1 N–H and O–H groups in total. The summed E-state index contributed by atoms with van der Waals surface area (Å²) in [6, 6.07) is 20.3. The zero-order chi connectivity index (χ0) is 30.7. The van der Waals surface area contributed by atoms with Crippen LogP contribution in [0.1, 0.15) is 66.5 Å². The highest BCUT2D eigenvalue weighted by Gasteiger charge is 2.49. The maximum absolute atomic E-state index is 14.1. The smallest absolute Gasteiger partial charge is 0.343 e. The van der Waals surface area contributed by atoms with Gasteiger partial charge in [0.1, 0.15) is 5.82 Å². The van der Waals surface area contributed by atoms with Crippen molar-refractivity contribution in [3.63, 3.8) is 0 Å². The number of nitrogens with one attached hydrogen (secondary N) is 1. The van der Waals surface area contributed by atoms with Crippen LogP contribution >= 0.6 is 0 Å². The van der Waals surface area contributed by atoms with Crippen molar-refractivity contribution in [3.05, 3.63) is 106 Å². The summed E-state index contributed by atoms with van der Waals surface area (Å²) in [5, 5.41) is 2.49. The van der Waals surface area contributed by atoms with Crippen molar-refractivity contribution in [3.8, 4) is 11.8 Å². The summed E-state index contributed by atoms with van der Waals surface area (Å²) in [6.07, 6.45) is 0.903. The largest absolute Gasteiger partial charge is 0.464 e. The van der Waals surface area contributed by atoms with Gasteiger partial charge in [0.15, 0.2) is 0 Å². The summed E-state index contributed by atoms with van der Waals surface area (Å²) in [5.41, 5.74) is 4.01. The molecule has 0 aliphatic rings. The molecule has 1 unspecified atom stereocenters. The van der Waals surface area contributed by atoms with Gasteiger partial charge in [0, 0.05) is 18.4 Å². The third-order valence-corrected chi connectivity index (χ3v) is 7.03. The van der Waals surface area contributed by atoms with Crippen LogP contribution in [0, 0.1) is 31.5 Å². The van der Waals surface area contributed by atoms with Crippen LogP contribution in [0.3, 0.4) is 0 Å². The zero-order valence-electron chi connectivity index (χ0n) is 24.9. The van der Waals surface area contributed by atoms with Crippen molar-refractivity contribution in [1.82, 2.24) is 5.32 Å². The lowest BCUT2D eigenvalue weighted by molar-refractivity contribution is -0.168. The third-order valence-electron chi connectivity index (χ3n) is 7.03. The summed E-state index contributed by atoms with van der Waals surface area (Å²) in [4.78, 5) is 37.7. The van der Waals surface area contributed by atoms with Gasteiger partial charge in [0.25, 0.3) is 0 Å². The monoisotopic (exact) mass is 571 g/mol. The first-order valence-corrected chi connectivity index (χ1v) is 14.1. The van der Waals surface area contributed by atoms with Gasteiger partial charge in [0.05, 0.1) is 13.2 Å². The van der Waals surface area contributed by atoms with Gasteiger partial charge < -0.3 is 14.8 Å². The van der Waals surface area contributed by atoms with E-state index in [0.717, 1.165) is 22.3 Å². The third kappa shape index (κ3) is 8.53. The Balaban J connectivity index is 1.83. The van der Waals surface area contributed by atoms with E-state index in [4.69, 9.17) is 9.47 Å². The van der Waals surface area contributed by atoms with Gasteiger partial charge >= 0.3 is 11.9 Å². The summed E-state index contributed by atoms with van der Waals surface area (Å²) in [6.45, 7) is 8.73. The van der Waals surface area contributed by atoms with E-state index < -0.39 is 23.4 Å². The van der Waals surface area contributed by atoms with E-state index in [2.05, 4.69) is 49.2 Å². The number of benzene rings is 3. The van der Waals surface area contributed by atoms with Crippen molar-refractivity contribution >= 4 is 17.8 Å². The Morgan fingerprint density at radius 3 is 2.10 bits per heavy atom. The number of rotatable bonds is 11. The number of esters is 2. The molecule has 7 heteroatoms. The van der Waals surface area contributed by atoms with Gasteiger partial charge in [-0.25, -0.2) is 14.0 Å². The highest BCUT2D eigenvalue weighted by atomic mass is 19.1. The van der Waals surface area contributed by atoms with Crippen LogP contribution in [0.5, 0.6) is 0 Å². The predicted octanol–water partition coefficient (Wildman–Crippen LogP) is 5.75. The van der Waals surface area contributed by atoms with Crippen LogP contribution < -0.4 is 5.32 Å². The van der Waals surface area contributed by atoms with E-state index in [0.29, 0.717) is 12.8 Å². The van der Waals surface area contributed by atoms with Crippen molar-refractivity contribution < 1.29 is 28.2 Å². The molecule has 220 valence electrons. The summed E-state index contributed by atoms with van der Waals surface area (Å²) < 4.78 is 24.4. The Morgan fingerprint density at radius 1 is 0.881 bits per heavy atom. The highest BCUT2D eigenvalue weighted by molar-refractivity contribution is 6.07. The quantitative estimate of drug-likeness (QED) is 0.180. The molecule has 0 fully saturated rings. The number of amides is 1. The van der Waals surface area contributed by atoms with E-state index in [1.54, 1.807) is 19.9 Å². The molecule has 42 heavy (non-hydrogen) atoms. The van der Waals surface area contributed by atoms with E-state index >= 15 is 0 Å². The Bertz CT molecular complexity index is 1450. The minimum absolute atomic E-state index is 0.0348. The topological polar surface area (TPSA) is 81.7 Å². The Morgan fingerprint density at radius 2 is 1.52 bits per heavy atom. The van der Waals surface area contributed by atoms with Crippen LogP contribution in [0.15, 0.2) is 66.7 Å². The lowest BCUT2D eigenvalue weighted by Gasteiger charge is -2.29. The average Bonchev–Trinajstić information content (AvgIpc) is 2.95. The number of hydrogen-bond donors (Lipinski definition) is 1. The van der Waals surface area contributed by atoms with Crippen molar-refractivity contribution in [1.29, 1.82) is 0 Å². The Hall–Kier alpha value is -4.44. The Kier molecular flexibility index (Phi) is 11.4. The molecule has 1 amide bonds. The van der Waals surface area contributed by atoms with E-state index in [1.165, 1.54) is 30.2 Å². The molecule has 0 saturated heterocycles. The number of halogens is 1. The molecule has 0 aromatic heterocycles. The van der Waals surface area contributed by atoms with Crippen molar-refractivity contribution in [2.24, 2.45) is 0 Å². The van der Waals surface area contributed by atoms with Crippen LogP contribution in [0.2, 0.25) is 0 Å². The number of ether oxygens (including phenoxy) is 2. The molecule has 6 nitrogen and oxygen atoms in total. The molecule has 3 rings (SSSR count). The molecule has 0 bridgehead atoms. The maximum atomic E-state index is 14.1. The van der Waals surface area contributed by atoms with E-state index in [1.807, 2.05) is 30.3 Å². The average molecular weight is 572 g/mol. The maximum Gasteiger partial charge on any atom is 0.343 e. The van der Waals surface area contributed by atoms with Gasteiger partial charge in [-0.1, -0.05) is 54.3 Å². The Labute approximate surface area is 247 Å². The van der Waals surface area contributed by atoms with Crippen LogP contribution in [0.25, 0.3) is 0 Å². The fraction of sp³-hybridized carbons (Fsp3) is 0.343.